The fourth-order valence-corrected chi connectivity index (χ4v) is 0. The van der Waals surface area contributed by atoms with Gasteiger partial charge in [-0.15, -0.1) is 0 Å². The molecule has 58 valence electrons. The molecule has 0 fully saturated rings. The summed E-state index contributed by atoms with van der Waals surface area (Å²) in [5.41, 5.74) is 0. The molecule has 0 unspecified atom stereocenters. The summed E-state index contributed by atoms with van der Waals surface area (Å²) in [5, 5.41) is 0. The molecule has 7 nitrogen and oxygen atoms in total. The molecular formula is H9NaO7S. The zero-order chi connectivity index (χ0) is 4.50. The fourth-order valence-electron chi connectivity index (χ4n) is 0. The van der Waals surface area contributed by atoms with E-state index in [2.05, 4.69) is 0 Å². The average Bonchev–Trinajstić information content (AvgIpc) is 0.722. The molecule has 0 heterocycles. The van der Waals surface area contributed by atoms with Crippen molar-refractivity contribution in [2.24, 2.45) is 0 Å². The van der Waals surface area contributed by atoms with Crippen molar-refractivity contribution in [2.75, 3.05) is 0 Å². The third-order valence-corrected chi connectivity index (χ3v) is 0. The van der Waals surface area contributed by atoms with Gasteiger partial charge in [-0.2, -0.15) is 8.42 Å². The van der Waals surface area contributed by atoms with Gasteiger partial charge in [0.15, 0.2) is 0 Å². The van der Waals surface area contributed by atoms with E-state index < -0.39 is 10.4 Å². The zero-order valence-electron chi connectivity index (χ0n) is 3.62. The van der Waals surface area contributed by atoms with E-state index in [1.54, 1.807) is 0 Å². The van der Waals surface area contributed by atoms with E-state index in [0.717, 1.165) is 0 Å². The monoisotopic (exact) mass is 176 g/mol. The first-order chi connectivity index (χ1) is 2.00. The standard InChI is InChI=1S/Na.H2O4S.3H2O.H/c;1-5(2,3)4;;;;/h;(H2,1,2,3,4);3*1H2;. The third-order valence-electron chi connectivity index (χ3n) is 0. The van der Waals surface area contributed by atoms with Gasteiger partial charge in [0.05, 0.1) is 0 Å². The minimum absolute atomic E-state index is 0. The van der Waals surface area contributed by atoms with E-state index in [9.17, 15) is 0 Å². The summed E-state index contributed by atoms with van der Waals surface area (Å²) in [7, 11) is -4.67. The maximum atomic E-state index is 8.74. The quantitative estimate of drug-likeness (QED) is 0.285. The van der Waals surface area contributed by atoms with Crippen LogP contribution >= 0.6 is 0 Å². The van der Waals surface area contributed by atoms with Gasteiger partial charge in [0.2, 0.25) is 0 Å². The van der Waals surface area contributed by atoms with Crippen molar-refractivity contribution in [1.82, 2.24) is 0 Å². The molecule has 0 aromatic carbocycles. The molecular weight excluding hydrogens is 167 g/mol. The molecule has 0 bridgehead atoms. The summed E-state index contributed by atoms with van der Waals surface area (Å²) in [6.45, 7) is 0. The molecule has 9 heteroatoms. The molecule has 0 atom stereocenters. The Morgan fingerprint density at radius 1 is 0.889 bits per heavy atom. The van der Waals surface area contributed by atoms with Crippen LogP contribution in [0.5, 0.6) is 0 Å². The van der Waals surface area contributed by atoms with Crippen LogP contribution in [0.3, 0.4) is 0 Å². The van der Waals surface area contributed by atoms with Gasteiger partial charge in [-0.1, -0.05) is 0 Å². The van der Waals surface area contributed by atoms with Gasteiger partial charge in [0, 0.05) is 0 Å². The van der Waals surface area contributed by atoms with Crippen LogP contribution in [0.4, 0.5) is 0 Å². The summed E-state index contributed by atoms with van der Waals surface area (Å²) in [6.07, 6.45) is 0. The number of hydrogen-bond donors (Lipinski definition) is 2. The maximum absolute atomic E-state index is 8.74. The van der Waals surface area contributed by atoms with Gasteiger partial charge in [0.1, 0.15) is 0 Å². The number of hydrogen-bond acceptors (Lipinski definition) is 2. The SMILES string of the molecule is O.O.O.O=S(=O)(O)O.[NaH]. The van der Waals surface area contributed by atoms with E-state index in [4.69, 9.17) is 17.5 Å². The first kappa shape index (κ1) is 33.1. The summed E-state index contributed by atoms with van der Waals surface area (Å²) in [5.74, 6) is 0. The molecule has 0 amide bonds. The van der Waals surface area contributed by atoms with Crippen LogP contribution in [-0.2, 0) is 10.4 Å². The van der Waals surface area contributed by atoms with E-state index in [0.29, 0.717) is 0 Å². The summed E-state index contributed by atoms with van der Waals surface area (Å²) < 4.78 is 31.6. The Bertz CT molecular complexity index is 92.1. The first-order valence-corrected chi connectivity index (χ1v) is 2.10. The summed E-state index contributed by atoms with van der Waals surface area (Å²) >= 11 is 0. The molecule has 0 saturated carbocycles. The molecule has 0 aromatic heterocycles. The van der Waals surface area contributed by atoms with Crippen LogP contribution in [0.15, 0.2) is 0 Å². The summed E-state index contributed by atoms with van der Waals surface area (Å²) in [4.78, 5) is 0. The van der Waals surface area contributed by atoms with Gasteiger partial charge < -0.3 is 16.4 Å². The van der Waals surface area contributed by atoms with Crippen LogP contribution in [0.25, 0.3) is 0 Å². The molecule has 0 spiro atoms. The first-order valence-electron chi connectivity index (χ1n) is 0.698. The Balaban J connectivity index is -0.0000000133. The molecule has 0 aromatic rings. The Kier molecular flexibility index (Phi) is 42.4. The van der Waals surface area contributed by atoms with Crippen molar-refractivity contribution in [1.29, 1.82) is 0 Å². The van der Waals surface area contributed by atoms with E-state index >= 15 is 0 Å². The normalized spacial score (nSPS) is 6.44. The molecule has 0 saturated heterocycles. The molecule has 0 aliphatic heterocycles. The second-order valence-corrected chi connectivity index (χ2v) is 1.34. The van der Waals surface area contributed by atoms with Crippen molar-refractivity contribution in [3.63, 3.8) is 0 Å². The average molecular weight is 176 g/mol. The van der Waals surface area contributed by atoms with Gasteiger partial charge >= 0.3 is 40.0 Å². The Morgan fingerprint density at radius 2 is 0.889 bits per heavy atom. The Labute approximate surface area is 73.9 Å². The summed E-state index contributed by atoms with van der Waals surface area (Å²) in [6, 6.07) is 0. The molecule has 0 rings (SSSR count). The van der Waals surface area contributed by atoms with E-state index in [1.165, 1.54) is 0 Å². The second-order valence-electron chi connectivity index (χ2n) is 0.448. The minimum atomic E-state index is -4.67. The van der Waals surface area contributed by atoms with E-state index in [-0.39, 0.29) is 46.0 Å². The molecule has 0 aliphatic carbocycles. The topological polar surface area (TPSA) is 169 Å². The van der Waals surface area contributed by atoms with Crippen molar-refractivity contribution < 1.29 is 34.0 Å². The van der Waals surface area contributed by atoms with Crippen molar-refractivity contribution >= 4 is 40.0 Å². The van der Waals surface area contributed by atoms with Crippen molar-refractivity contribution in [3.05, 3.63) is 0 Å². The van der Waals surface area contributed by atoms with Gasteiger partial charge in [-0.3, -0.25) is 9.11 Å². The van der Waals surface area contributed by atoms with Crippen LogP contribution in [-0.4, -0.2) is 63.5 Å². The number of rotatable bonds is 0. The third kappa shape index (κ3) is 709. The van der Waals surface area contributed by atoms with Crippen LogP contribution < -0.4 is 0 Å². The van der Waals surface area contributed by atoms with Crippen molar-refractivity contribution in [3.8, 4) is 0 Å². The fraction of sp³-hybridized carbons (Fsp3) is 0. The van der Waals surface area contributed by atoms with Gasteiger partial charge in [-0.25, -0.2) is 0 Å². The Morgan fingerprint density at radius 3 is 0.889 bits per heavy atom. The van der Waals surface area contributed by atoms with Gasteiger partial charge in [0.25, 0.3) is 0 Å². The van der Waals surface area contributed by atoms with Crippen LogP contribution in [0.1, 0.15) is 0 Å². The zero-order valence-corrected chi connectivity index (χ0v) is 4.44. The van der Waals surface area contributed by atoms with Crippen LogP contribution in [0, 0.1) is 0 Å². The predicted molar refractivity (Wildman–Crippen MR) is 32.2 cm³/mol. The molecule has 9 heavy (non-hydrogen) atoms. The molecule has 0 radical (unpaired) electrons. The van der Waals surface area contributed by atoms with Crippen LogP contribution in [0.2, 0.25) is 0 Å². The van der Waals surface area contributed by atoms with E-state index in [1.807, 2.05) is 0 Å². The Hall–Kier alpha value is 0.750. The molecule has 8 N–H and O–H groups in total. The molecule has 0 aliphatic rings. The second kappa shape index (κ2) is 11.5. The van der Waals surface area contributed by atoms with Gasteiger partial charge in [-0.05, 0) is 0 Å². The van der Waals surface area contributed by atoms with Crippen molar-refractivity contribution in [2.45, 2.75) is 0 Å². The predicted octanol–water partition coefficient (Wildman–Crippen LogP) is -3.78.